The van der Waals surface area contributed by atoms with Gasteiger partial charge in [0.2, 0.25) is 11.8 Å². The third kappa shape index (κ3) is 10.1. The van der Waals surface area contributed by atoms with Crippen molar-refractivity contribution in [3.63, 3.8) is 0 Å². The molecule has 0 radical (unpaired) electrons. The molecule has 0 aromatic heterocycles. The van der Waals surface area contributed by atoms with Gasteiger partial charge in [0.05, 0.1) is 30.3 Å². The summed E-state index contributed by atoms with van der Waals surface area (Å²) in [6.45, 7) is 5.67. The number of carbonyl (C=O) groups excluding carboxylic acids is 4. The Morgan fingerprint density at radius 2 is 1.84 bits per heavy atom. The van der Waals surface area contributed by atoms with Gasteiger partial charge in [0.1, 0.15) is 11.9 Å². The van der Waals surface area contributed by atoms with Crippen molar-refractivity contribution in [1.29, 1.82) is 16.2 Å². The van der Waals surface area contributed by atoms with Gasteiger partial charge in [0.25, 0.3) is 5.91 Å². The fraction of sp³-hybridized carbons (Fsp3) is 0.517. The summed E-state index contributed by atoms with van der Waals surface area (Å²) in [6, 6.07) is 3.36. The number of carboxylic acid groups (broad SMARTS) is 1. The Balaban J connectivity index is 2.51. The maximum absolute atomic E-state index is 13.6. The van der Waals surface area contributed by atoms with Crippen molar-refractivity contribution < 1.29 is 29.1 Å². The minimum atomic E-state index is -1.46. The van der Waals surface area contributed by atoms with E-state index in [9.17, 15) is 29.1 Å². The van der Waals surface area contributed by atoms with E-state index in [0.29, 0.717) is 11.1 Å². The third-order valence-corrected chi connectivity index (χ3v) is 7.52. The average molecular weight is 599 g/mol. The molecule has 1 heterocycles. The highest BCUT2D eigenvalue weighted by atomic mass is 16.4. The van der Waals surface area contributed by atoms with E-state index in [-0.39, 0.29) is 49.2 Å². The molecule has 0 saturated carbocycles. The Morgan fingerprint density at radius 1 is 1.16 bits per heavy atom. The molecule has 0 fully saturated rings. The SMILES string of the molecule is CC(C)C1NC(=O)c2cccc(c2)CNC(=O)C(CC(=O)O)NC(=O)CC(=N)C(=O)C(CCCC(=N)C(=N)N)N(C)C1C. The minimum absolute atomic E-state index is 0.0320. The predicted octanol–water partition coefficient (Wildman–Crippen LogP) is 0.824. The second-order valence-electron chi connectivity index (χ2n) is 11.1. The molecule has 2 bridgehead atoms. The maximum atomic E-state index is 13.6. The van der Waals surface area contributed by atoms with Gasteiger partial charge < -0.3 is 37.6 Å². The number of aliphatic carboxylic acids is 1. The second kappa shape index (κ2) is 15.7. The van der Waals surface area contributed by atoms with Crippen LogP contribution in [0.5, 0.6) is 0 Å². The van der Waals surface area contributed by atoms with Gasteiger partial charge in [0.15, 0.2) is 5.78 Å². The number of rotatable bonds is 8. The number of carbonyl (C=O) groups is 5. The van der Waals surface area contributed by atoms with Crippen molar-refractivity contribution in [1.82, 2.24) is 20.9 Å². The van der Waals surface area contributed by atoms with Crippen molar-refractivity contribution in [2.24, 2.45) is 11.7 Å². The van der Waals surface area contributed by atoms with Gasteiger partial charge in [-0.2, -0.15) is 0 Å². The van der Waals surface area contributed by atoms with E-state index in [0.717, 1.165) is 0 Å². The first-order valence-corrected chi connectivity index (χ1v) is 14.1. The standard InChI is InChI=1S/C29H42N8O6/c1-15(2)25-16(3)37(4)22(10-6-9-19(30)27(32)33)26(41)20(31)12-23(38)35-21(13-24(39)40)29(43)34-14-17-7-5-8-18(11-17)28(42)36-25/h5,7-8,11,15-16,21-22,25,30-31H,6,9-10,12-14H2,1-4H3,(H3,32,33)(H,34,43)(H,35,38)(H,36,42)(H,39,40). The Morgan fingerprint density at radius 3 is 2.44 bits per heavy atom. The average Bonchev–Trinajstić information content (AvgIpc) is 2.94. The number of amidine groups is 1. The number of fused-ring (bicyclic) bond motifs is 2. The number of ketones is 1. The first-order chi connectivity index (χ1) is 20.1. The predicted molar refractivity (Wildman–Crippen MR) is 160 cm³/mol. The van der Waals surface area contributed by atoms with Crippen LogP contribution in [0.1, 0.15) is 68.8 Å². The van der Waals surface area contributed by atoms with E-state index in [4.69, 9.17) is 22.0 Å². The quantitative estimate of drug-likeness (QED) is 0.157. The smallest absolute Gasteiger partial charge is 0.305 e. The summed E-state index contributed by atoms with van der Waals surface area (Å²) < 4.78 is 0. The summed E-state index contributed by atoms with van der Waals surface area (Å²) in [7, 11) is 1.69. The van der Waals surface area contributed by atoms with Crippen LogP contribution in [-0.2, 0) is 25.7 Å². The second-order valence-corrected chi connectivity index (χ2v) is 11.1. The summed E-state index contributed by atoms with van der Waals surface area (Å²) in [6.07, 6.45) is -0.816. The number of likely N-dealkylation sites (N-methyl/N-ethyl adjacent to an activating group) is 1. The highest BCUT2D eigenvalue weighted by molar-refractivity contribution is 6.43. The van der Waals surface area contributed by atoms with Gasteiger partial charge in [0, 0.05) is 24.2 Å². The zero-order valence-corrected chi connectivity index (χ0v) is 25.0. The van der Waals surface area contributed by atoms with E-state index < -0.39 is 66.3 Å². The molecule has 3 amide bonds. The lowest BCUT2D eigenvalue weighted by atomic mass is 9.91. The number of amides is 3. The number of hydrogen-bond acceptors (Lipinski definition) is 9. The molecule has 1 aromatic rings. The van der Waals surface area contributed by atoms with Gasteiger partial charge in [-0.3, -0.25) is 34.3 Å². The molecule has 1 aromatic carbocycles. The maximum Gasteiger partial charge on any atom is 0.305 e. The summed E-state index contributed by atoms with van der Waals surface area (Å²) in [5.41, 5.74) is 5.68. The zero-order valence-electron chi connectivity index (χ0n) is 25.0. The van der Waals surface area contributed by atoms with Crippen molar-refractivity contribution in [2.45, 2.75) is 83.6 Å². The lowest BCUT2D eigenvalue weighted by Gasteiger charge is -2.39. The monoisotopic (exact) mass is 598 g/mol. The van der Waals surface area contributed by atoms with Crippen LogP contribution in [0.25, 0.3) is 0 Å². The van der Waals surface area contributed by atoms with Crippen molar-refractivity contribution in [3.8, 4) is 0 Å². The van der Waals surface area contributed by atoms with E-state index in [1.54, 1.807) is 36.2 Å². The molecule has 43 heavy (non-hydrogen) atoms. The van der Waals surface area contributed by atoms with Gasteiger partial charge in [-0.15, -0.1) is 0 Å². The first kappa shape index (κ1) is 34.7. The van der Waals surface area contributed by atoms with Gasteiger partial charge in [-0.1, -0.05) is 26.0 Å². The molecule has 4 atom stereocenters. The molecule has 14 nitrogen and oxygen atoms in total. The normalized spacial score (nSPS) is 23.0. The van der Waals surface area contributed by atoms with Crippen LogP contribution in [0.15, 0.2) is 24.3 Å². The summed E-state index contributed by atoms with van der Waals surface area (Å²) >= 11 is 0. The van der Waals surface area contributed by atoms with Crippen LogP contribution in [0, 0.1) is 22.1 Å². The van der Waals surface area contributed by atoms with Crippen LogP contribution in [0.3, 0.4) is 0 Å². The molecular formula is C29H42N8O6. The molecule has 14 heteroatoms. The first-order valence-electron chi connectivity index (χ1n) is 14.1. The minimum Gasteiger partial charge on any atom is -0.481 e. The van der Waals surface area contributed by atoms with Crippen LogP contribution in [-0.4, -0.2) is 88.0 Å². The molecular weight excluding hydrogens is 556 g/mol. The van der Waals surface area contributed by atoms with Crippen LogP contribution in [0.2, 0.25) is 0 Å². The summed E-state index contributed by atoms with van der Waals surface area (Å²) in [4.78, 5) is 65.7. The van der Waals surface area contributed by atoms with Crippen molar-refractivity contribution >= 4 is 46.7 Å². The molecule has 0 aliphatic carbocycles. The summed E-state index contributed by atoms with van der Waals surface area (Å²) in [5, 5.41) is 41.0. The van der Waals surface area contributed by atoms with Crippen molar-refractivity contribution in [3.05, 3.63) is 35.4 Å². The largest absolute Gasteiger partial charge is 0.481 e. The molecule has 1 aliphatic heterocycles. The van der Waals surface area contributed by atoms with E-state index >= 15 is 0 Å². The summed E-state index contributed by atoms with van der Waals surface area (Å²) in [5.74, 6) is -4.44. The number of benzene rings is 1. The highest BCUT2D eigenvalue weighted by Crippen LogP contribution is 2.20. The fourth-order valence-electron chi connectivity index (χ4n) is 4.96. The van der Waals surface area contributed by atoms with E-state index in [1.807, 2.05) is 20.8 Å². The number of Topliss-reactive ketones (excluding diaryl/α,β-unsaturated/α-hetero) is 1. The molecule has 2 rings (SSSR count). The third-order valence-electron chi connectivity index (χ3n) is 7.52. The number of nitrogens with zero attached hydrogens (tertiary/aromatic N) is 1. The Hall–Kier alpha value is -4.46. The van der Waals surface area contributed by atoms with Crippen LogP contribution < -0.4 is 21.7 Å². The number of nitrogens with one attached hydrogen (secondary N) is 6. The lowest BCUT2D eigenvalue weighted by Crippen LogP contribution is -2.56. The van der Waals surface area contributed by atoms with Crippen LogP contribution >= 0.6 is 0 Å². The Kier molecular flexibility index (Phi) is 12.7. The molecule has 0 saturated heterocycles. The highest BCUT2D eigenvalue weighted by Gasteiger charge is 2.35. The van der Waals surface area contributed by atoms with Gasteiger partial charge >= 0.3 is 5.97 Å². The number of hydrogen-bond donors (Lipinski definition) is 8. The Labute approximate surface area is 250 Å². The number of carboxylic acids is 1. The number of nitrogens with two attached hydrogens (primary N) is 1. The molecule has 1 aliphatic rings. The Bertz CT molecular complexity index is 1280. The molecule has 4 unspecified atom stereocenters. The van der Waals surface area contributed by atoms with Gasteiger partial charge in [-0.25, -0.2) is 0 Å². The molecule has 234 valence electrons. The van der Waals surface area contributed by atoms with Crippen molar-refractivity contribution in [2.75, 3.05) is 7.05 Å². The molecule has 9 N–H and O–H groups in total. The van der Waals surface area contributed by atoms with E-state index in [2.05, 4.69) is 16.0 Å². The zero-order chi connectivity index (χ0) is 32.4. The molecule has 0 spiro atoms. The van der Waals surface area contributed by atoms with E-state index in [1.165, 1.54) is 0 Å². The lowest BCUT2D eigenvalue weighted by molar-refractivity contribution is -0.140. The fourth-order valence-corrected chi connectivity index (χ4v) is 4.96. The topological polar surface area (TPSA) is 242 Å². The van der Waals surface area contributed by atoms with Crippen LogP contribution in [0.4, 0.5) is 0 Å². The van der Waals surface area contributed by atoms with Gasteiger partial charge in [-0.05, 0) is 56.8 Å².